The summed E-state index contributed by atoms with van der Waals surface area (Å²) in [6.45, 7) is 1.75. The highest BCUT2D eigenvalue weighted by Gasteiger charge is 2.33. The Morgan fingerprint density at radius 2 is 1.90 bits per heavy atom. The van der Waals surface area contributed by atoms with Crippen molar-refractivity contribution in [3.63, 3.8) is 0 Å². The van der Waals surface area contributed by atoms with Crippen LogP contribution in [0.2, 0.25) is 0 Å². The van der Waals surface area contributed by atoms with Gasteiger partial charge in [-0.3, -0.25) is 4.90 Å². The molecule has 0 saturated heterocycles. The molecule has 0 bridgehead atoms. The first-order valence-electron chi connectivity index (χ1n) is 10.7. The summed E-state index contributed by atoms with van der Waals surface area (Å²) in [4.78, 5) is 2.44. The number of tetrazole rings is 1. The van der Waals surface area contributed by atoms with Crippen LogP contribution in [0.15, 0.2) is 42.5 Å². The van der Waals surface area contributed by atoms with Gasteiger partial charge >= 0.3 is 0 Å². The number of phenolic OH excluding ortho intramolecular Hbond substituents is 1. The fraction of sp³-hybridized carbons (Fsp3) is 0.435. The third-order valence-electron chi connectivity index (χ3n) is 6.48. The van der Waals surface area contributed by atoms with Crippen molar-refractivity contribution in [2.24, 2.45) is 0 Å². The zero-order valence-electron chi connectivity index (χ0n) is 17.2. The Morgan fingerprint density at radius 1 is 1.10 bits per heavy atom. The SMILES string of the molecule is COc1cc([C@@H](c2nnnn2C2CCCC2)N2CCc3ccccc3C2)ccc1O. The molecule has 5 rings (SSSR count). The summed E-state index contributed by atoms with van der Waals surface area (Å²) in [6.07, 6.45) is 5.67. The summed E-state index contributed by atoms with van der Waals surface area (Å²) < 4.78 is 7.44. The molecule has 0 radical (unpaired) electrons. The van der Waals surface area contributed by atoms with Crippen molar-refractivity contribution < 1.29 is 9.84 Å². The Bertz CT molecular complexity index is 1030. The first kappa shape index (κ1) is 19.1. The van der Waals surface area contributed by atoms with E-state index in [9.17, 15) is 5.11 Å². The number of benzene rings is 2. The quantitative estimate of drug-likeness (QED) is 0.698. The average molecular weight is 406 g/mol. The maximum atomic E-state index is 10.1. The lowest BCUT2D eigenvalue weighted by Crippen LogP contribution is -2.36. The van der Waals surface area contributed by atoms with Crippen molar-refractivity contribution >= 4 is 0 Å². The summed E-state index contributed by atoms with van der Waals surface area (Å²) in [5.41, 5.74) is 3.78. The second kappa shape index (κ2) is 8.07. The van der Waals surface area contributed by atoms with Gasteiger partial charge in [-0.05, 0) is 58.5 Å². The predicted octanol–water partition coefficient (Wildman–Crippen LogP) is 3.65. The number of methoxy groups -OCH3 is 1. The summed E-state index contributed by atoms with van der Waals surface area (Å²) in [6, 6.07) is 14.4. The molecule has 7 nitrogen and oxygen atoms in total. The van der Waals surface area contributed by atoms with Gasteiger partial charge in [0.2, 0.25) is 0 Å². The minimum Gasteiger partial charge on any atom is -0.504 e. The maximum Gasteiger partial charge on any atom is 0.173 e. The Kier molecular flexibility index (Phi) is 5.12. The van der Waals surface area contributed by atoms with Crippen molar-refractivity contribution in [3.8, 4) is 11.5 Å². The van der Waals surface area contributed by atoms with Crippen LogP contribution in [0.3, 0.4) is 0 Å². The molecule has 30 heavy (non-hydrogen) atoms. The Morgan fingerprint density at radius 3 is 2.70 bits per heavy atom. The third-order valence-corrected chi connectivity index (χ3v) is 6.48. The lowest BCUT2D eigenvalue weighted by atomic mass is 9.95. The third kappa shape index (κ3) is 3.43. The lowest BCUT2D eigenvalue weighted by molar-refractivity contribution is 0.191. The molecule has 0 amide bonds. The normalized spacial score (nSPS) is 18.3. The molecule has 3 aromatic rings. The van der Waals surface area contributed by atoms with Crippen molar-refractivity contribution in [2.45, 2.75) is 50.7 Å². The van der Waals surface area contributed by atoms with Gasteiger partial charge in [-0.15, -0.1) is 5.10 Å². The lowest BCUT2D eigenvalue weighted by Gasteiger charge is -2.35. The van der Waals surface area contributed by atoms with Gasteiger partial charge in [-0.2, -0.15) is 0 Å². The molecule has 1 saturated carbocycles. The molecule has 2 heterocycles. The largest absolute Gasteiger partial charge is 0.504 e. The van der Waals surface area contributed by atoms with Crippen LogP contribution in [-0.2, 0) is 13.0 Å². The summed E-state index contributed by atoms with van der Waals surface area (Å²) >= 11 is 0. The van der Waals surface area contributed by atoms with Gasteiger partial charge in [0.15, 0.2) is 17.3 Å². The van der Waals surface area contributed by atoms with Gasteiger partial charge in [0, 0.05) is 13.1 Å². The average Bonchev–Trinajstić information content (AvgIpc) is 3.47. The van der Waals surface area contributed by atoms with Crippen molar-refractivity contribution in [2.75, 3.05) is 13.7 Å². The molecule has 1 N–H and O–H groups in total. The van der Waals surface area contributed by atoms with Crippen molar-refractivity contribution in [1.29, 1.82) is 0 Å². The Hall–Kier alpha value is -2.93. The standard InChI is InChI=1S/C23H27N5O2/c1-30-21-14-17(10-11-20(21)29)22(23-24-25-26-28(23)19-8-4-5-9-19)27-13-12-16-6-2-3-7-18(16)15-27/h2-3,6-7,10-11,14,19,22,29H,4-5,8-9,12-13,15H2,1H3/t22-/m0/s1. The number of phenols is 1. The van der Waals surface area contributed by atoms with Crippen LogP contribution < -0.4 is 4.74 Å². The van der Waals surface area contributed by atoms with Crippen LogP contribution in [-0.4, -0.2) is 43.9 Å². The Labute approximate surface area is 176 Å². The van der Waals surface area contributed by atoms with Gasteiger partial charge in [-0.1, -0.05) is 43.2 Å². The number of fused-ring (bicyclic) bond motifs is 1. The zero-order valence-corrected chi connectivity index (χ0v) is 17.2. The van der Waals surface area contributed by atoms with Crippen LogP contribution in [0.25, 0.3) is 0 Å². The van der Waals surface area contributed by atoms with E-state index in [1.54, 1.807) is 13.2 Å². The van der Waals surface area contributed by atoms with E-state index in [2.05, 4.69) is 44.7 Å². The van der Waals surface area contributed by atoms with Crippen LogP contribution in [0, 0.1) is 0 Å². The summed E-state index contributed by atoms with van der Waals surface area (Å²) in [5, 5.41) is 23.1. The first-order valence-corrected chi connectivity index (χ1v) is 10.7. The van der Waals surface area contributed by atoms with Crippen molar-refractivity contribution in [1.82, 2.24) is 25.1 Å². The monoisotopic (exact) mass is 405 g/mol. The van der Waals surface area contributed by atoms with E-state index >= 15 is 0 Å². The first-order chi connectivity index (χ1) is 14.7. The van der Waals surface area contributed by atoms with Gasteiger partial charge in [0.25, 0.3) is 0 Å². The fourth-order valence-corrected chi connectivity index (χ4v) is 4.91. The van der Waals surface area contributed by atoms with E-state index in [1.165, 1.54) is 24.0 Å². The zero-order chi connectivity index (χ0) is 20.5. The number of hydrogen-bond acceptors (Lipinski definition) is 6. The molecule has 1 fully saturated rings. The smallest absolute Gasteiger partial charge is 0.173 e. The van der Waals surface area contributed by atoms with E-state index in [1.807, 2.05) is 16.8 Å². The molecule has 1 aromatic heterocycles. The van der Waals surface area contributed by atoms with Crippen LogP contribution in [0.5, 0.6) is 11.5 Å². The van der Waals surface area contributed by atoms with E-state index in [0.29, 0.717) is 11.8 Å². The van der Waals surface area contributed by atoms with Crippen LogP contribution in [0.1, 0.15) is 60.3 Å². The van der Waals surface area contributed by atoms with Gasteiger partial charge in [0.1, 0.15) is 0 Å². The Balaban J connectivity index is 1.58. The molecule has 0 unspecified atom stereocenters. The minimum absolute atomic E-state index is 0.108. The topological polar surface area (TPSA) is 76.3 Å². The van der Waals surface area contributed by atoms with Crippen LogP contribution >= 0.6 is 0 Å². The molecule has 7 heteroatoms. The van der Waals surface area contributed by atoms with E-state index in [0.717, 1.165) is 43.7 Å². The minimum atomic E-state index is -0.108. The second-order valence-corrected chi connectivity index (χ2v) is 8.24. The van der Waals surface area contributed by atoms with Gasteiger partial charge in [0.05, 0.1) is 19.2 Å². The number of nitrogens with zero attached hydrogens (tertiary/aromatic N) is 5. The molecule has 2 aliphatic rings. The van der Waals surface area contributed by atoms with Crippen LogP contribution in [0.4, 0.5) is 0 Å². The molecule has 1 atom stereocenters. The summed E-state index contributed by atoms with van der Waals surface area (Å²) in [5.74, 6) is 1.48. The number of aromatic nitrogens is 4. The number of hydrogen-bond donors (Lipinski definition) is 1. The molecule has 156 valence electrons. The number of rotatable bonds is 5. The highest BCUT2D eigenvalue weighted by molar-refractivity contribution is 5.44. The van der Waals surface area contributed by atoms with E-state index < -0.39 is 0 Å². The van der Waals surface area contributed by atoms with E-state index in [-0.39, 0.29) is 11.8 Å². The molecule has 2 aromatic carbocycles. The highest BCUT2D eigenvalue weighted by Crippen LogP contribution is 2.38. The molecular formula is C23H27N5O2. The number of ether oxygens (including phenoxy) is 1. The van der Waals surface area contributed by atoms with Gasteiger partial charge in [-0.25, -0.2) is 4.68 Å². The predicted molar refractivity (Wildman–Crippen MR) is 112 cm³/mol. The molecule has 1 aliphatic heterocycles. The van der Waals surface area contributed by atoms with Crippen molar-refractivity contribution in [3.05, 3.63) is 65.0 Å². The molecular weight excluding hydrogens is 378 g/mol. The second-order valence-electron chi connectivity index (χ2n) is 8.24. The summed E-state index contributed by atoms with van der Waals surface area (Å²) in [7, 11) is 1.58. The van der Waals surface area contributed by atoms with E-state index in [4.69, 9.17) is 4.74 Å². The maximum absolute atomic E-state index is 10.1. The highest BCUT2D eigenvalue weighted by atomic mass is 16.5. The molecule has 1 aliphatic carbocycles. The van der Waals surface area contributed by atoms with Gasteiger partial charge < -0.3 is 9.84 Å². The molecule has 0 spiro atoms. The number of aromatic hydroxyl groups is 1. The fourth-order valence-electron chi connectivity index (χ4n) is 4.91.